The second kappa shape index (κ2) is 4.79. The summed E-state index contributed by atoms with van der Waals surface area (Å²) in [7, 11) is -2.72. The van der Waals surface area contributed by atoms with Gasteiger partial charge in [0.2, 0.25) is 0 Å². The molecule has 2 heterocycles. The number of nitrogens with one attached hydrogen (secondary N) is 1. The summed E-state index contributed by atoms with van der Waals surface area (Å²) in [5.41, 5.74) is 0. The summed E-state index contributed by atoms with van der Waals surface area (Å²) in [6.45, 7) is 1.65. The Hall–Kier alpha value is 0.160. The summed E-state index contributed by atoms with van der Waals surface area (Å²) in [4.78, 5) is 0. The molecule has 0 spiro atoms. The van der Waals surface area contributed by atoms with Crippen molar-refractivity contribution in [2.24, 2.45) is 5.92 Å². The van der Waals surface area contributed by atoms with Crippen LogP contribution in [0.5, 0.6) is 0 Å². The second-order valence-electron chi connectivity index (χ2n) is 3.82. The fraction of sp³-hybridized carbons (Fsp3) is 1.00. The molecule has 84 valence electrons. The fourth-order valence-electron chi connectivity index (χ4n) is 1.99. The number of hydrogen-bond donors (Lipinski definition) is 1. The van der Waals surface area contributed by atoms with E-state index in [1.165, 1.54) is 0 Å². The van der Waals surface area contributed by atoms with E-state index in [9.17, 15) is 8.42 Å². The van der Waals surface area contributed by atoms with Crippen LogP contribution in [-0.4, -0.2) is 39.3 Å². The standard InChI is InChI=1S/C8H15NO3S.ClH/c10-13(11)4-1-7(6-13)5-8-9-2-3-12-8;/h7-9H,1-6H2;1H. The van der Waals surface area contributed by atoms with Crippen molar-refractivity contribution in [2.75, 3.05) is 24.7 Å². The lowest BCUT2D eigenvalue weighted by Gasteiger charge is -2.13. The van der Waals surface area contributed by atoms with E-state index in [0.717, 1.165) is 26.0 Å². The maximum Gasteiger partial charge on any atom is 0.150 e. The summed E-state index contributed by atoms with van der Waals surface area (Å²) in [5.74, 6) is 1.03. The highest BCUT2D eigenvalue weighted by Gasteiger charge is 2.30. The molecule has 0 aromatic rings. The van der Waals surface area contributed by atoms with E-state index in [0.29, 0.717) is 17.4 Å². The Kier molecular flexibility index (Phi) is 4.18. The molecule has 0 aliphatic carbocycles. The topological polar surface area (TPSA) is 55.4 Å². The Morgan fingerprint density at radius 2 is 2.21 bits per heavy atom. The normalized spacial score (nSPS) is 35.4. The van der Waals surface area contributed by atoms with Gasteiger partial charge in [-0.25, -0.2) is 8.42 Å². The molecule has 2 rings (SSSR count). The number of ether oxygens (including phenoxy) is 1. The first-order chi connectivity index (χ1) is 6.16. The largest absolute Gasteiger partial charge is 0.362 e. The molecule has 2 fully saturated rings. The Bertz CT molecular complexity index is 274. The summed E-state index contributed by atoms with van der Waals surface area (Å²) in [6.07, 6.45) is 1.75. The van der Waals surface area contributed by atoms with Gasteiger partial charge in [-0.05, 0) is 18.8 Å². The molecule has 1 N–H and O–H groups in total. The van der Waals surface area contributed by atoms with Crippen molar-refractivity contribution in [3.63, 3.8) is 0 Å². The average molecular weight is 242 g/mol. The third-order valence-electron chi connectivity index (χ3n) is 2.67. The average Bonchev–Trinajstić information content (AvgIpc) is 2.61. The van der Waals surface area contributed by atoms with Crippen LogP contribution in [0.15, 0.2) is 0 Å². The van der Waals surface area contributed by atoms with Crippen molar-refractivity contribution in [3.05, 3.63) is 0 Å². The third kappa shape index (κ3) is 3.08. The lowest BCUT2D eigenvalue weighted by molar-refractivity contribution is 0.0826. The highest BCUT2D eigenvalue weighted by molar-refractivity contribution is 7.91. The summed E-state index contributed by atoms with van der Waals surface area (Å²) >= 11 is 0. The van der Waals surface area contributed by atoms with Gasteiger partial charge in [0.25, 0.3) is 0 Å². The van der Waals surface area contributed by atoms with Crippen molar-refractivity contribution in [1.29, 1.82) is 0 Å². The third-order valence-corrected chi connectivity index (χ3v) is 4.50. The van der Waals surface area contributed by atoms with Crippen LogP contribution >= 0.6 is 12.4 Å². The Morgan fingerprint density at radius 3 is 2.71 bits per heavy atom. The van der Waals surface area contributed by atoms with E-state index in [2.05, 4.69) is 5.32 Å². The molecular formula is C8H16ClNO3S. The first-order valence-electron chi connectivity index (χ1n) is 4.71. The zero-order valence-electron chi connectivity index (χ0n) is 7.94. The predicted molar refractivity (Wildman–Crippen MR) is 56.4 cm³/mol. The van der Waals surface area contributed by atoms with Crippen LogP contribution in [0.25, 0.3) is 0 Å². The molecule has 2 saturated heterocycles. The molecule has 14 heavy (non-hydrogen) atoms. The molecule has 0 bridgehead atoms. The minimum absolute atomic E-state index is 0. The van der Waals surface area contributed by atoms with Crippen LogP contribution in [-0.2, 0) is 14.6 Å². The summed E-state index contributed by atoms with van der Waals surface area (Å²) in [6, 6.07) is 0. The van der Waals surface area contributed by atoms with Gasteiger partial charge < -0.3 is 4.74 Å². The molecule has 2 aliphatic heterocycles. The van der Waals surface area contributed by atoms with Gasteiger partial charge >= 0.3 is 0 Å². The first-order valence-corrected chi connectivity index (χ1v) is 6.53. The van der Waals surface area contributed by atoms with Crippen molar-refractivity contribution in [2.45, 2.75) is 19.1 Å². The molecule has 0 amide bonds. The quantitative estimate of drug-likeness (QED) is 0.750. The number of rotatable bonds is 2. The lowest BCUT2D eigenvalue weighted by Crippen LogP contribution is -2.25. The number of hydrogen-bond acceptors (Lipinski definition) is 4. The van der Waals surface area contributed by atoms with Gasteiger partial charge in [0.1, 0.15) is 6.23 Å². The van der Waals surface area contributed by atoms with Gasteiger partial charge in [0.05, 0.1) is 18.1 Å². The molecule has 2 aliphatic rings. The summed E-state index contributed by atoms with van der Waals surface area (Å²) < 4.78 is 27.7. The van der Waals surface area contributed by atoms with Crippen LogP contribution < -0.4 is 5.32 Å². The molecule has 6 heteroatoms. The van der Waals surface area contributed by atoms with Crippen LogP contribution in [0.2, 0.25) is 0 Å². The molecule has 0 saturated carbocycles. The van der Waals surface area contributed by atoms with Gasteiger partial charge in [0, 0.05) is 6.54 Å². The Balaban J connectivity index is 0.000000980. The van der Waals surface area contributed by atoms with E-state index in [1.54, 1.807) is 0 Å². The second-order valence-corrected chi connectivity index (χ2v) is 6.05. The van der Waals surface area contributed by atoms with E-state index < -0.39 is 9.84 Å². The zero-order valence-corrected chi connectivity index (χ0v) is 9.57. The van der Waals surface area contributed by atoms with Gasteiger partial charge in [0.15, 0.2) is 9.84 Å². The smallest absolute Gasteiger partial charge is 0.150 e. The highest BCUT2D eigenvalue weighted by Crippen LogP contribution is 2.23. The summed E-state index contributed by atoms with van der Waals surface area (Å²) in [5, 5.41) is 3.19. The maximum absolute atomic E-state index is 11.2. The van der Waals surface area contributed by atoms with E-state index in [-0.39, 0.29) is 18.6 Å². The zero-order chi connectivity index (χ0) is 9.31. The highest BCUT2D eigenvalue weighted by atomic mass is 35.5. The van der Waals surface area contributed by atoms with Gasteiger partial charge in [-0.3, -0.25) is 5.32 Å². The molecule has 0 aromatic carbocycles. The van der Waals surface area contributed by atoms with Gasteiger partial charge in [-0.2, -0.15) is 0 Å². The van der Waals surface area contributed by atoms with Crippen LogP contribution in [0.4, 0.5) is 0 Å². The SMILES string of the molecule is Cl.O=S1(=O)CCC(CC2NCCO2)C1. The van der Waals surface area contributed by atoms with Crippen molar-refractivity contribution in [1.82, 2.24) is 5.32 Å². The molecular weight excluding hydrogens is 226 g/mol. The van der Waals surface area contributed by atoms with Gasteiger partial charge in [-0.15, -0.1) is 12.4 Å². The minimum atomic E-state index is -2.72. The molecule has 0 aromatic heterocycles. The van der Waals surface area contributed by atoms with E-state index >= 15 is 0 Å². The van der Waals surface area contributed by atoms with Crippen molar-refractivity contribution < 1.29 is 13.2 Å². The fourth-order valence-corrected chi connectivity index (χ4v) is 3.87. The number of sulfone groups is 1. The molecule has 2 unspecified atom stereocenters. The van der Waals surface area contributed by atoms with Crippen LogP contribution in [0.3, 0.4) is 0 Å². The van der Waals surface area contributed by atoms with Gasteiger partial charge in [-0.1, -0.05) is 0 Å². The Labute approximate surface area is 90.7 Å². The van der Waals surface area contributed by atoms with Crippen LogP contribution in [0.1, 0.15) is 12.8 Å². The van der Waals surface area contributed by atoms with E-state index in [1.807, 2.05) is 0 Å². The molecule has 2 atom stereocenters. The molecule has 4 nitrogen and oxygen atoms in total. The predicted octanol–water partition coefficient (Wildman–Crippen LogP) is 0.179. The monoisotopic (exact) mass is 241 g/mol. The van der Waals surface area contributed by atoms with Crippen molar-refractivity contribution >= 4 is 22.2 Å². The lowest BCUT2D eigenvalue weighted by atomic mass is 10.0. The number of halogens is 1. The van der Waals surface area contributed by atoms with E-state index in [4.69, 9.17) is 4.74 Å². The first kappa shape index (κ1) is 12.2. The maximum atomic E-state index is 11.2. The molecule has 0 radical (unpaired) electrons. The van der Waals surface area contributed by atoms with Crippen LogP contribution in [0, 0.1) is 5.92 Å². The Morgan fingerprint density at radius 1 is 1.43 bits per heavy atom. The minimum Gasteiger partial charge on any atom is -0.362 e. The van der Waals surface area contributed by atoms with Crippen molar-refractivity contribution in [3.8, 4) is 0 Å².